The number of halogens is 6. The third kappa shape index (κ3) is 70.5. The molecule has 0 radical (unpaired) electrons. The van der Waals surface area contributed by atoms with Gasteiger partial charge in [-0.25, -0.2) is 9.59 Å². The summed E-state index contributed by atoms with van der Waals surface area (Å²) in [5.41, 5.74) is 0.710. The minimum atomic E-state index is -0.946. The molecule has 0 spiro atoms. The fourth-order valence-corrected chi connectivity index (χ4v) is 9.67. The van der Waals surface area contributed by atoms with Gasteiger partial charge in [-0.2, -0.15) is 0 Å². The first kappa shape index (κ1) is 101. The number of carbonyl (C=O) groups excluding carboxylic acids is 1. The van der Waals surface area contributed by atoms with E-state index in [1.54, 1.807) is 24.3 Å². The Morgan fingerprint density at radius 3 is 0.798 bits per heavy atom. The number of hydrogen-bond acceptors (Lipinski definition) is 8. The van der Waals surface area contributed by atoms with Gasteiger partial charge in [0.2, 0.25) is 0 Å². The molecule has 0 amide bonds. The van der Waals surface area contributed by atoms with Gasteiger partial charge in [-0.15, -0.1) is 0 Å². The van der Waals surface area contributed by atoms with E-state index < -0.39 is 23.6 Å². The zero-order valence-electron chi connectivity index (χ0n) is 58.8. The standard InChI is InChI=1S/C30H52O4.C29H50O4.2C6H14.CH3I2.CH4.HI2O.H2I2P/c1-6-10-14-25(15-11-7-2)18-20-33-28-22-27(30(31)32-5)23-29(24-28)34-21-19-26(16-12-8-3)17-13-9-4;1-5-9-13-24(14-10-6-2)17-19-32-27-21-26(29(30)31)22-28(23-27)33-20-18-25(15-11-7-3)16-12-8-4;1-4-6(3)5-2;1-3-5-6-4-2;1-3-2;;2*1-2-3/h22-26H,6-21H2,1-5H3;21-25H,5-20H2,1-4H3,(H,30,31);6H,4-5H2,1-3H3;3-6H2,1-2H3;1H3;1H4;3H;3H2/q;;;;-1;;2*-1. The number of carbonyl (C=O) groups is 2. The number of alkyl halides is 1. The average Bonchev–Trinajstić information content (AvgIpc) is 3.72. The minimum absolute atomic E-state index is 0. The molecule has 0 aromatic heterocycles. The number of unbranched alkanes of at least 4 members (excludes halogenated alkanes) is 11. The molecule has 2 aromatic carbocycles. The van der Waals surface area contributed by atoms with Crippen molar-refractivity contribution in [3.05, 3.63) is 47.5 Å². The molecule has 2 N–H and O–H groups in total. The summed E-state index contributed by atoms with van der Waals surface area (Å²) in [4.78, 5) is 26.1. The van der Waals surface area contributed by atoms with Crippen molar-refractivity contribution < 1.29 is 93.4 Å². The Balaban J connectivity index is -0.000000290. The molecule has 9 nitrogen and oxygen atoms in total. The molecule has 0 aliphatic heterocycles. The summed E-state index contributed by atoms with van der Waals surface area (Å²) < 4.78 is 36.9. The van der Waals surface area contributed by atoms with E-state index in [4.69, 9.17) is 27.1 Å². The van der Waals surface area contributed by atoms with E-state index in [0.29, 0.717) is 113 Å². The van der Waals surface area contributed by atoms with Gasteiger partial charge >= 0.3 is 135 Å². The first-order valence-corrected chi connectivity index (χ1v) is 60.8. The molecule has 1 atom stereocenters. The Bertz CT molecular complexity index is 1600. The third-order valence-electron chi connectivity index (χ3n) is 15.7. The average molecular weight is 1950 g/mol. The zero-order valence-corrected chi connectivity index (χ0v) is 72.9. The van der Waals surface area contributed by atoms with Gasteiger partial charge in [-0.1, -0.05) is 290 Å². The van der Waals surface area contributed by atoms with Gasteiger partial charge in [0.25, 0.3) is 0 Å². The van der Waals surface area contributed by atoms with Crippen LogP contribution < -0.4 is 70.5 Å². The van der Waals surface area contributed by atoms with Crippen molar-refractivity contribution in [1.82, 2.24) is 0 Å². The van der Waals surface area contributed by atoms with Gasteiger partial charge in [-0.05, 0) is 79.5 Å². The number of carboxylic acid groups (broad SMARTS) is 1. The topological polar surface area (TPSA) is 121 Å². The second-order valence-corrected chi connectivity index (χ2v) is 43.4. The summed E-state index contributed by atoms with van der Waals surface area (Å²) in [6.07, 6.45) is 42.4. The molecule has 0 saturated carbocycles. The summed E-state index contributed by atoms with van der Waals surface area (Å²) in [6.45, 7) is 34.4. The number of ether oxygens (including phenoxy) is 5. The van der Waals surface area contributed by atoms with Crippen molar-refractivity contribution in [2.24, 2.45) is 29.6 Å². The molecule has 2 rings (SSSR count). The van der Waals surface area contributed by atoms with Crippen molar-refractivity contribution in [2.75, 3.05) is 38.5 Å². The number of benzene rings is 2. The monoisotopic (exact) mass is 1950 g/mol. The predicted molar refractivity (Wildman–Crippen MR) is 408 cm³/mol. The predicted octanol–water partition coefficient (Wildman–Crippen LogP) is 17.2. The van der Waals surface area contributed by atoms with Crippen LogP contribution in [0.15, 0.2) is 36.4 Å². The van der Waals surface area contributed by atoms with Crippen LogP contribution in [0.5, 0.6) is 23.0 Å². The normalized spacial score (nSPS) is 10.5. The van der Waals surface area contributed by atoms with Crippen molar-refractivity contribution in [3.8, 4) is 23.0 Å². The Morgan fingerprint density at radius 2 is 0.640 bits per heavy atom. The van der Waals surface area contributed by atoms with Crippen LogP contribution in [0.4, 0.5) is 0 Å². The quantitative estimate of drug-likeness (QED) is 0.0219. The molecule has 0 aliphatic carbocycles. The number of methoxy groups -OCH3 is 1. The Hall–Kier alpha value is 1.35. The molecular weight excluding hydrogens is 1810 g/mol. The van der Waals surface area contributed by atoms with Crippen LogP contribution in [0.2, 0.25) is 0 Å². The van der Waals surface area contributed by atoms with Gasteiger partial charge in [-0.3, -0.25) is 0 Å². The fraction of sp³-hybridized carbons (Fsp3) is 0.808. The summed E-state index contributed by atoms with van der Waals surface area (Å²) in [7, 11) is 1.41. The van der Waals surface area contributed by atoms with Gasteiger partial charge in [0.1, 0.15) is 23.0 Å². The first-order chi connectivity index (χ1) is 42.6. The van der Waals surface area contributed by atoms with Crippen molar-refractivity contribution in [1.29, 1.82) is 0 Å². The molecule has 2 aromatic rings. The number of aromatic carboxylic acids is 1. The van der Waals surface area contributed by atoms with Gasteiger partial charge < -0.3 is 28.8 Å². The molecule has 0 saturated heterocycles. The van der Waals surface area contributed by atoms with Crippen LogP contribution in [0, 0.1) is 29.6 Å². The van der Waals surface area contributed by atoms with Crippen molar-refractivity contribution >= 4 is 74.7 Å². The number of esters is 1. The van der Waals surface area contributed by atoms with E-state index in [1.165, 1.54) is 200 Å². The van der Waals surface area contributed by atoms with E-state index in [9.17, 15) is 14.7 Å². The Labute approximate surface area is 615 Å². The van der Waals surface area contributed by atoms with Crippen molar-refractivity contribution in [2.45, 2.75) is 316 Å². The second kappa shape index (κ2) is 81.8. The van der Waals surface area contributed by atoms with Crippen LogP contribution in [0.1, 0.15) is 336 Å². The Kier molecular flexibility index (Phi) is 93.2. The fourth-order valence-electron chi connectivity index (χ4n) is 9.67. The van der Waals surface area contributed by atoms with Crippen LogP contribution in [-0.2, 0) is 4.74 Å². The number of rotatable bonds is 47. The third-order valence-corrected chi connectivity index (χ3v) is 15.7. The summed E-state index contributed by atoms with van der Waals surface area (Å²) in [5.74, 6) is 5.01. The van der Waals surface area contributed by atoms with Crippen molar-refractivity contribution in [3.63, 3.8) is 0 Å². The van der Waals surface area contributed by atoms with E-state index in [-0.39, 0.29) is 19.0 Å². The van der Waals surface area contributed by atoms with Crippen LogP contribution in [-0.4, -0.2) is 58.9 Å². The summed E-state index contributed by atoms with van der Waals surface area (Å²) in [6, 6.07) is 10.6. The molecule has 536 valence electrons. The van der Waals surface area contributed by atoms with Crippen LogP contribution >= 0.6 is 62.7 Å². The molecule has 0 fully saturated rings. The summed E-state index contributed by atoms with van der Waals surface area (Å²) >= 11 is 7.31. The first-order valence-electron chi connectivity index (χ1n) is 34.7. The molecule has 1 unspecified atom stereocenters. The van der Waals surface area contributed by atoms with E-state index >= 15 is 0 Å². The molecule has 0 bridgehead atoms. The zero-order chi connectivity index (χ0) is 67.3. The second-order valence-electron chi connectivity index (χ2n) is 23.3. The summed E-state index contributed by atoms with van der Waals surface area (Å²) in [5, 5.41) is 9.54. The number of carboxylic acids is 1. The van der Waals surface area contributed by atoms with E-state index in [2.05, 4.69) is 139 Å². The van der Waals surface area contributed by atoms with Gasteiger partial charge in [0.15, 0.2) is 0 Å². The molecular formula is C73H140I6O9P-3. The van der Waals surface area contributed by atoms with E-state index in [0.717, 1.165) is 31.6 Å². The molecule has 16 heteroatoms. The van der Waals surface area contributed by atoms with Gasteiger partial charge in [0, 0.05) is 12.1 Å². The van der Waals surface area contributed by atoms with Gasteiger partial charge in [0.05, 0.1) is 44.7 Å². The SMILES string of the molecule is C.CCC(C)CC.CCCCC(CCCC)CCOc1cc(OCCC(CCCC)CCCC)cc(C(=O)O)c1.CCCCC(CCCC)CCOc1cc(OCCC(CCCC)CCCC)cc(C(=O)OC)c1.CCCCCC.C[I-]I.O[I-]I.P[I-]I. The van der Waals surface area contributed by atoms with E-state index in [1.807, 2.05) is 30.7 Å². The molecule has 0 aliphatic rings. The van der Waals surface area contributed by atoms with Crippen LogP contribution in [0.3, 0.4) is 0 Å². The molecule has 0 heterocycles. The molecule has 89 heavy (non-hydrogen) atoms. The Morgan fingerprint density at radius 1 is 0.438 bits per heavy atom. The van der Waals surface area contributed by atoms with Crippen LogP contribution in [0.25, 0.3) is 0 Å². The maximum absolute atomic E-state index is 12.2. The maximum atomic E-state index is 12.2. The number of hydrogen-bond donors (Lipinski definition) is 2.